The number of nitrogens with one attached hydrogen (secondary N) is 4. The Morgan fingerprint density at radius 1 is 0.870 bits per heavy atom. The molecule has 4 fully saturated rings. The van der Waals surface area contributed by atoms with E-state index in [0.717, 1.165) is 78.5 Å². The molecule has 3 aliphatic heterocycles. The number of carbonyl (C=O) groups is 4. The summed E-state index contributed by atoms with van der Waals surface area (Å²) in [6.45, 7) is 2.84. The van der Waals surface area contributed by atoms with E-state index in [4.69, 9.17) is 10.1 Å². The van der Waals surface area contributed by atoms with Crippen LogP contribution in [-0.2, 0) is 9.59 Å². The SMILES string of the molecule is O=C1CCC(N2C(=O)c3ccc(NC[C@H]4C[C@H](n5cc(-c6ccc(NC7CCNCC7)cn6)c(C6CC6)n5)C4)cc3C2=O)C(=O)N1. The van der Waals surface area contributed by atoms with Gasteiger partial charge in [0.25, 0.3) is 11.8 Å². The molecule has 12 heteroatoms. The first-order valence-corrected chi connectivity index (χ1v) is 16.5. The number of carbonyl (C=O) groups excluding carboxylic acids is 4. The number of aromatic nitrogens is 3. The van der Waals surface area contributed by atoms with E-state index in [-0.39, 0.29) is 29.9 Å². The second kappa shape index (κ2) is 11.7. The van der Waals surface area contributed by atoms with Gasteiger partial charge in [0.1, 0.15) is 6.04 Å². The Bertz CT molecular complexity index is 1700. The number of anilines is 2. The van der Waals surface area contributed by atoms with E-state index >= 15 is 0 Å². The standard InChI is InChI=1S/C34H38N8O4/c43-30-8-7-29(32(44)39-30)42-33(45)25-5-3-22(15-26(25)34(42)46)36-16-19-13-24(14-19)41-18-27(31(40-41)20-1-2-20)28-6-4-23(17-37-28)38-21-9-11-35-12-10-21/h3-6,15,17-21,24,29,35-36,38H,1-2,7-14,16H2,(H,39,43,44)/t19-,24-,29?. The summed E-state index contributed by atoms with van der Waals surface area (Å²) in [7, 11) is 0. The van der Waals surface area contributed by atoms with Gasteiger partial charge in [-0.2, -0.15) is 5.10 Å². The zero-order chi connectivity index (χ0) is 31.4. The van der Waals surface area contributed by atoms with Crippen LogP contribution in [0.2, 0.25) is 0 Å². The molecule has 2 saturated carbocycles. The van der Waals surface area contributed by atoms with Gasteiger partial charge in [0.15, 0.2) is 0 Å². The maximum absolute atomic E-state index is 13.2. The lowest BCUT2D eigenvalue weighted by Crippen LogP contribution is -2.54. The Kier molecular flexibility index (Phi) is 7.31. The summed E-state index contributed by atoms with van der Waals surface area (Å²) in [5.41, 5.74) is 5.67. The van der Waals surface area contributed by atoms with E-state index in [1.54, 1.807) is 18.2 Å². The fourth-order valence-electron chi connectivity index (χ4n) is 7.22. The van der Waals surface area contributed by atoms with Crippen molar-refractivity contribution in [3.8, 4) is 11.3 Å². The van der Waals surface area contributed by atoms with Crippen molar-refractivity contribution in [3.05, 3.63) is 59.5 Å². The number of benzene rings is 1. The number of amides is 4. The van der Waals surface area contributed by atoms with Crippen LogP contribution in [0.3, 0.4) is 0 Å². The summed E-state index contributed by atoms with van der Waals surface area (Å²) in [4.78, 5) is 55.9. The fraction of sp³-hybridized carbons (Fsp3) is 0.471. The molecule has 4 amide bonds. The Morgan fingerprint density at radius 2 is 1.65 bits per heavy atom. The third-order valence-electron chi connectivity index (χ3n) is 10.1. The molecule has 0 radical (unpaired) electrons. The third kappa shape index (κ3) is 5.44. The smallest absolute Gasteiger partial charge is 0.262 e. The van der Waals surface area contributed by atoms with E-state index in [1.807, 2.05) is 6.20 Å². The number of hydrogen-bond donors (Lipinski definition) is 4. The maximum atomic E-state index is 13.2. The minimum absolute atomic E-state index is 0.0984. The Labute approximate surface area is 266 Å². The zero-order valence-electron chi connectivity index (χ0n) is 25.6. The molecule has 0 spiro atoms. The van der Waals surface area contributed by atoms with Crippen molar-refractivity contribution in [3.63, 3.8) is 0 Å². The molecule has 12 nitrogen and oxygen atoms in total. The van der Waals surface area contributed by atoms with Crippen molar-refractivity contribution in [2.24, 2.45) is 5.92 Å². The molecule has 4 N–H and O–H groups in total. The Morgan fingerprint density at radius 3 is 2.39 bits per heavy atom. The normalized spacial score (nSPS) is 24.9. The highest BCUT2D eigenvalue weighted by Gasteiger charge is 2.44. The maximum Gasteiger partial charge on any atom is 0.262 e. The number of nitrogens with zero attached hydrogens (tertiary/aromatic N) is 4. The van der Waals surface area contributed by atoms with Gasteiger partial charge in [0.2, 0.25) is 11.8 Å². The number of pyridine rings is 1. The molecule has 2 aliphatic carbocycles. The van der Waals surface area contributed by atoms with E-state index in [2.05, 4.69) is 44.3 Å². The molecule has 1 aromatic carbocycles. The van der Waals surface area contributed by atoms with Crippen LogP contribution in [0.15, 0.2) is 42.7 Å². The quantitative estimate of drug-likeness (QED) is 0.263. The van der Waals surface area contributed by atoms with Crippen molar-refractivity contribution in [2.45, 2.75) is 75.4 Å². The molecule has 3 aromatic rings. The van der Waals surface area contributed by atoms with Gasteiger partial charge in [-0.3, -0.25) is 39.1 Å². The number of imide groups is 2. The van der Waals surface area contributed by atoms with Gasteiger partial charge in [0.05, 0.1) is 40.4 Å². The van der Waals surface area contributed by atoms with E-state index in [1.165, 1.54) is 12.8 Å². The first-order chi connectivity index (χ1) is 22.4. The first-order valence-electron chi connectivity index (χ1n) is 16.5. The van der Waals surface area contributed by atoms with Crippen molar-refractivity contribution in [1.29, 1.82) is 0 Å². The average molecular weight is 623 g/mol. The van der Waals surface area contributed by atoms with Crippen molar-refractivity contribution in [1.82, 2.24) is 30.3 Å². The molecule has 2 saturated heterocycles. The van der Waals surface area contributed by atoms with Crippen LogP contribution in [0.5, 0.6) is 0 Å². The molecule has 8 rings (SSSR count). The molecule has 2 aromatic heterocycles. The molecule has 238 valence electrons. The molecule has 0 bridgehead atoms. The lowest BCUT2D eigenvalue weighted by molar-refractivity contribution is -0.136. The number of rotatable bonds is 9. The highest BCUT2D eigenvalue weighted by Crippen LogP contribution is 2.45. The minimum Gasteiger partial charge on any atom is -0.385 e. The van der Waals surface area contributed by atoms with Crippen LogP contribution in [0, 0.1) is 5.92 Å². The number of hydrogen-bond acceptors (Lipinski definition) is 9. The van der Waals surface area contributed by atoms with Crippen LogP contribution in [-0.4, -0.2) is 75.0 Å². The highest BCUT2D eigenvalue weighted by atomic mass is 16.2. The van der Waals surface area contributed by atoms with Gasteiger partial charge < -0.3 is 16.0 Å². The minimum atomic E-state index is -0.965. The monoisotopic (exact) mass is 622 g/mol. The lowest BCUT2D eigenvalue weighted by atomic mass is 9.80. The molecule has 1 unspecified atom stereocenters. The summed E-state index contributed by atoms with van der Waals surface area (Å²) in [5, 5.41) is 17.8. The second-order valence-electron chi connectivity index (χ2n) is 13.4. The largest absolute Gasteiger partial charge is 0.385 e. The lowest BCUT2D eigenvalue weighted by Gasteiger charge is -2.35. The fourth-order valence-corrected chi connectivity index (χ4v) is 7.22. The van der Waals surface area contributed by atoms with Gasteiger partial charge in [-0.1, -0.05) is 0 Å². The van der Waals surface area contributed by atoms with Crippen LogP contribution < -0.4 is 21.3 Å². The summed E-state index contributed by atoms with van der Waals surface area (Å²) < 4.78 is 2.14. The summed E-state index contributed by atoms with van der Waals surface area (Å²) in [6, 6.07) is 9.25. The van der Waals surface area contributed by atoms with Gasteiger partial charge in [-0.15, -0.1) is 0 Å². The van der Waals surface area contributed by atoms with Crippen LogP contribution in [0.25, 0.3) is 11.3 Å². The van der Waals surface area contributed by atoms with Crippen molar-refractivity contribution in [2.75, 3.05) is 30.3 Å². The predicted molar refractivity (Wildman–Crippen MR) is 170 cm³/mol. The van der Waals surface area contributed by atoms with Crippen LogP contribution >= 0.6 is 0 Å². The Balaban J connectivity index is 0.882. The molecule has 5 heterocycles. The van der Waals surface area contributed by atoms with Crippen LogP contribution in [0.4, 0.5) is 11.4 Å². The van der Waals surface area contributed by atoms with Gasteiger partial charge in [0, 0.05) is 42.4 Å². The topological polar surface area (TPSA) is 150 Å². The number of fused-ring (bicyclic) bond motifs is 1. The van der Waals surface area contributed by atoms with Gasteiger partial charge in [-0.05, 0) is 94.3 Å². The average Bonchev–Trinajstić information content (AvgIpc) is 3.75. The highest BCUT2D eigenvalue weighted by molar-refractivity contribution is 6.23. The molecular weight excluding hydrogens is 584 g/mol. The van der Waals surface area contributed by atoms with E-state index in [9.17, 15) is 19.2 Å². The Hall–Kier alpha value is -4.58. The van der Waals surface area contributed by atoms with Crippen LogP contribution in [0.1, 0.15) is 89.7 Å². The molecule has 5 aliphatic rings. The molecule has 46 heavy (non-hydrogen) atoms. The van der Waals surface area contributed by atoms with Gasteiger partial charge in [-0.25, -0.2) is 0 Å². The van der Waals surface area contributed by atoms with E-state index in [0.29, 0.717) is 23.9 Å². The second-order valence-corrected chi connectivity index (χ2v) is 13.4. The van der Waals surface area contributed by atoms with Crippen molar-refractivity contribution >= 4 is 35.0 Å². The number of piperidine rings is 2. The van der Waals surface area contributed by atoms with Gasteiger partial charge >= 0.3 is 0 Å². The molecular formula is C34H38N8O4. The molecule has 1 atom stereocenters. The summed E-state index contributed by atoms with van der Waals surface area (Å²) >= 11 is 0. The predicted octanol–water partition coefficient (Wildman–Crippen LogP) is 3.45. The first kappa shape index (κ1) is 28.9. The summed E-state index contributed by atoms with van der Waals surface area (Å²) in [5.74, 6) is -1.01. The van der Waals surface area contributed by atoms with Crippen molar-refractivity contribution < 1.29 is 19.2 Å². The van der Waals surface area contributed by atoms with E-state index < -0.39 is 23.8 Å². The third-order valence-corrected chi connectivity index (χ3v) is 10.1. The summed E-state index contributed by atoms with van der Waals surface area (Å²) in [6.07, 6.45) is 11.0. The zero-order valence-corrected chi connectivity index (χ0v) is 25.6.